The molecule has 6 heteroatoms. The van der Waals surface area contributed by atoms with Crippen LogP contribution in [0.2, 0.25) is 0 Å². The molecule has 0 aliphatic rings. The molecule has 0 radical (unpaired) electrons. The molecule has 6 nitrogen and oxygen atoms in total. The third-order valence-electron chi connectivity index (χ3n) is 6.05. The van der Waals surface area contributed by atoms with Gasteiger partial charge >= 0.3 is 0 Å². The Morgan fingerprint density at radius 1 is 1.00 bits per heavy atom. The highest BCUT2D eigenvalue weighted by atomic mass is 16.5. The Morgan fingerprint density at radius 2 is 1.80 bits per heavy atom. The molecule has 0 aliphatic carbocycles. The Hall–Kier alpha value is -3.80. The van der Waals surface area contributed by atoms with Gasteiger partial charge in [-0.2, -0.15) is 0 Å². The number of unbranched alkanes of at least 4 members (excludes halogenated alkanes) is 1. The minimum absolute atomic E-state index is 0.153. The van der Waals surface area contributed by atoms with Gasteiger partial charge in [-0.15, -0.1) is 0 Å². The molecular formula is C29H33N3O3. The highest BCUT2D eigenvalue weighted by Gasteiger charge is 2.13. The second-order valence-electron chi connectivity index (χ2n) is 8.83. The van der Waals surface area contributed by atoms with E-state index in [1.807, 2.05) is 42.5 Å². The summed E-state index contributed by atoms with van der Waals surface area (Å²) in [4.78, 5) is 17.5. The van der Waals surface area contributed by atoms with Crippen LogP contribution in [-0.4, -0.2) is 29.2 Å². The number of hydrogen-bond donors (Lipinski definition) is 1. The van der Waals surface area contributed by atoms with E-state index >= 15 is 0 Å². The average Bonchev–Trinajstić information content (AvgIpc) is 3.24. The van der Waals surface area contributed by atoms with Gasteiger partial charge in [0, 0.05) is 12.1 Å². The van der Waals surface area contributed by atoms with Crippen LogP contribution in [0.5, 0.6) is 11.5 Å². The molecule has 1 amide bonds. The number of aromatic nitrogens is 2. The molecule has 1 heterocycles. The van der Waals surface area contributed by atoms with E-state index in [-0.39, 0.29) is 5.91 Å². The van der Waals surface area contributed by atoms with E-state index in [9.17, 15) is 4.79 Å². The van der Waals surface area contributed by atoms with Crippen LogP contribution in [0.15, 0.2) is 72.8 Å². The molecule has 4 aromatic rings. The van der Waals surface area contributed by atoms with E-state index in [2.05, 4.69) is 41.9 Å². The molecule has 0 aliphatic heterocycles. The molecule has 1 aromatic heterocycles. The lowest BCUT2D eigenvalue weighted by atomic mass is 10.0. The van der Waals surface area contributed by atoms with Crippen LogP contribution in [0.4, 0.5) is 0 Å². The molecule has 0 spiro atoms. The van der Waals surface area contributed by atoms with Crippen molar-refractivity contribution < 1.29 is 14.3 Å². The van der Waals surface area contributed by atoms with Crippen molar-refractivity contribution in [2.75, 3.05) is 13.7 Å². The zero-order valence-corrected chi connectivity index (χ0v) is 20.7. The SMILES string of the molecule is COc1cccc(C(=O)NCc2nc3ccccc3n2CCCCOc2ccccc2C(C)C)c1. The minimum Gasteiger partial charge on any atom is -0.497 e. The van der Waals surface area contributed by atoms with Crippen LogP contribution >= 0.6 is 0 Å². The zero-order chi connectivity index (χ0) is 24.6. The first-order valence-corrected chi connectivity index (χ1v) is 12.1. The number of carbonyl (C=O) groups is 1. The van der Waals surface area contributed by atoms with Gasteiger partial charge in [0.05, 0.1) is 31.3 Å². The first-order valence-electron chi connectivity index (χ1n) is 12.1. The van der Waals surface area contributed by atoms with Gasteiger partial charge in [0.25, 0.3) is 5.91 Å². The lowest BCUT2D eigenvalue weighted by Gasteiger charge is -2.14. The number of hydrogen-bond acceptors (Lipinski definition) is 4. The van der Waals surface area contributed by atoms with E-state index in [1.54, 1.807) is 19.2 Å². The molecular weight excluding hydrogens is 438 g/mol. The van der Waals surface area contributed by atoms with E-state index < -0.39 is 0 Å². The maximum Gasteiger partial charge on any atom is 0.251 e. The van der Waals surface area contributed by atoms with Gasteiger partial charge in [-0.25, -0.2) is 4.98 Å². The van der Waals surface area contributed by atoms with Crippen molar-refractivity contribution in [1.82, 2.24) is 14.9 Å². The summed E-state index contributed by atoms with van der Waals surface area (Å²) in [5.74, 6) is 2.74. The number of ether oxygens (including phenoxy) is 2. The fourth-order valence-electron chi connectivity index (χ4n) is 4.18. The number of fused-ring (bicyclic) bond motifs is 1. The minimum atomic E-state index is -0.153. The molecule has 1 N–H and O–H groups in total. The Balaban J connectivity index is 1.38. The summed E-state index contributed by atoms with van der Waals surface area (Å²) in [7, 11) is 1.59. The van der Waals surface area contributed by atoms with Crippen molar-refractivity contribution in [2.45, 2.75) is 45.7 Å². The van der Waals surface area contributed by atoms with Crippen molar-refractivity contribution in [3.63, 3.8) is 0 Å². The predicted molar refractivity (Wildman–Crippen MR) is 139 cm³/mol. The summed E-state index contributed by atoms with van der Waals surface area (Å²) in [6.45, 7) is 6.18. The van der Waals surface area contributed by atoms with Crippen molar-refractivity contribution >= 4 is 16.9 Å². The van der Waals surface area contributed by atoms with Crippen LogP contribution in [0.25, 0.3) is 11.0 Å². The number of aryl methyl sites for hydroxylation is 1. The maximum absolute atomic E-state index is 12.7. The molecule has 4 rings (SSSR count). The predicted octanol–water partition coefficient (Wildman–Crippen LogP) is 5.96. The third-order valence-corrected chi connectivity index (χ3v) is 6.05. The summed E-state index contributed by atoms with van der Waals surface area (Å²) in [6, 6.07) is 23.5. The monoisotopic (exact) mass is 471 g/mol. The largest absolute Gasteiger partial charge is 0.497 e. The van der Waals surface area contributed by atoms with Crippen molar-refractivity contribution in [3.05, 3.63) is 89.7 Å². The van der Waals surface area contributed by atoms with Crippen LogP contribution in [0.1, 0.15) is 54.4 Å². The number of nitrogens with one attached hydrogen (secondary N) is 1. The second-order valence-corrected chi connectivity index (χ2v) is 8.83. The normalized spacial score (nSPS) is 11.1. The number of para-hydroxylation sites is 3. The first kappa shape index (κ1) is 24.3. The van der Waals surface area contributed by atoms with Gasteiger partial charge in [-0.3, -0.25) is 4.79 Å². The van der Waals surface area contributed by atoms with Crippen LogP contribution in [0.3, 0.4) is 0 Å². The Kier molecular flexibility index (Phi) is 8.03. The Labute approximate surface area is 206 Å². The van der Waals surface area contributed by atoms with Gasteiger partial charge in [-0.1, -0.05) is 50.2 Å². The average molecular weight is 472 g/mol. The molecule has 182 valence electrons. The molecule has 0 saturated carbocycles. The van der Waals surface area contributed by atoms with E-state index in [0.717, 1.165) is 42.0 Å². The second kappa shape index (κ2) is 11.6. The van der Waals surface area contributed by atoms with Crippen molar-refractivity contribution in [3.8, 4) is 11.5 Å². The standard InChI is InChI=1S/C29H33N3O3/c1-21(2)24-13-4-7-16-27(24)35-18-9-8-17-32-26-15-6-5-14-25(26)31-28(32)20-30-29(33)22-11-10-12-23(19-22)34-3/h4-7,10-16,19,21H,8-9,17-18,20H2,1-3H3,(H,30,33). The van der Waals surface area contributed by atoms with Crippen molar-refractivity contribution in [1.29, 1.82) is 0 Å². The zero-order valence-electron chi connectivity index (χ0n) is 20.7. The molecule has 3 aromatic carbocycles. The third kappa shape index (κ3) is 6.01. The smallest absolute Gasteiger partial charge is 0.251 e. The summed E-state index contributed by atoms with van der Waals surface area (Å²) in [5.41, 5.74) is 3.80. The van der Waals surface area contributed by atoms with Gasteiger partial charge in [0.1, 0.15) is 17.3 Å². The molecule has 0 saturated heterocycles. The molecule has 0 unspecified atom stereocenters. The summed E-state index contributed by atoms with van der Waals surface area (Å²) in [5, 5.41) is 3.01. The number of benzene rings is 3. The molecule has 35 heavy (non-hydrogen) atoms. The summed E-state index contributed by atoms with van der Waals surface area (Å²) >= 11 is 0. The van der Waals surface area contributed by atoms with Crippen molar-refractivity contribution in [2.24, 2.45) is 0 Å². The van der Waals surface area contributed by atoms with Crippen LogP contribution < -0.4 is 14.8 Å². The molecule has 0 bridgehead atoms. The number of amides is 1. The fraction of sp³-hybridized carbons (Fsp3) is 0.310. The topological polar surface area (TPSA) is 65.4 Å². The lowest BCUT2D eigenvalue weighted by Crippen LogP contribution is -2.24. The van der Waals surface area contributed by atoms with E-state index in [1.165, 1.54) is 5.56 Å². The fourth-order valence-corrected chi connectivity index (χ4v) is 4.18. The Morgan fingerprint density at radius 3 is 2.63 bits per heavy atom. The van der Waals surface area contributed by atoms with E-state index in [0.29, 0.717) is 30.4 Å². The van der Waals surface area contributed by atoms with E-state index in [4.69, 9.17) is 14.5 Å². The van der Waals surface area contributed by atoms with Gasteiger partial charge < -0.3 is 19.4 Å². The highest BCUT2D eigenvalue weighted by Crippen LogP contribution is 2.26. The quantitative estimate of drug-likeness (QED) is 0.274. The Bertz CT molecular complexity index is 1280. The van der Waals surface area contributed by atoms with Crippen LogP contribution in [-0.2, 0) is 13.1 Å². The summed E-state index contributed by atoms with van der Waals surface area (Å²) in [6.07, 6.45) is 1.87. The number of methoxy groups -OCH3 is 1. The number of rotatable bonds is 11. The molecule has 0 atom stereocenters. The summed E-state index contributed by atoms with van der Waals surface area (Å²) < 4.78 is 13.5. The lowest BCUT2D eigenvalue weighted by molar-refractivity contribution is 0.0949. The number of carbonyl (C=O) groups excluding carboxylic acids is 1. The highest BCUT2D eigenvalue weighted by molar-refractivity contribution is 5.94. The number of imidazole rings is 1. The van der Waals surface area contributed by atoms with Crippen LogP contribution in [0, 0.1) is 0 Å². The first-order chi connectivity index (χ1) is 17.1. The maximum atomic E-state index is 12.7. The number of nitrogens with zero attached hydrogens (tertiary/aromatic N) is 2. The molecule has 0 fully saturated rings. The van der Waals surface area contributed by atoms with Gasteiger partial charge in [-0.05, 0) is 60.7 Å². The van der Waals surface area contributed by atoms with Gasteiger partial charge in [0.2, 0.25) is 0 Å². The van der Waals surface area contributed by atoms with Gasteiger partial charge in [0.15, 0.2) is 0 Å².